The molecule has 0 spiro atoms. The number of nitrogens with zero attached hydrogens (tertiary/aromatic N) is 2. The lowest BCUT2D eigenvalue weighted by molar-refractivity contribution is 0.487. The van der Waals surface area contributed by atoms with Crippen molar-refractivity contribution in [3.8, 4) is 44.9 Å². The molecule has 13 aromatic rings. The number of rotatable bonds is 8. The van der Waals surface area contributed by atoms with E-state index in [0.29, 0.717) is 0 Å². The van der Waals surface area contributed by atoms with Crippen LogP contribution in [-0.2, 0) is 0 Å². The summed E-state index contributed by atoms with van der Waals surface area (Å²) in [5, 5.41) is 9.38. The van der Waals surface area contributed by atoms with Crippen LogP contribution in [0.15, 0.2) is 247 Å². The second-order valence-corrected chi connectivity index (χ2v) is 19.0. The number of fused-ring (bicyclic) bond motifs is 9. The average Bonchev–Trinajstić information content (AvgIpc) is 3.81. The van der Waals surface area contributed by atoms with Crippen LogP contribution in [0.25, 0.3) is 87.6 Å². The maximum atomic E-state index is 7.01. The minimum atomic E-state index is 0.845. The molecule has 14 rings (SSSR count). The third-order valence-corrected chi connectivity index (χ3v) is 14.5. The number of anilines is 6. The van der Waals surface area contributed by atoms with E-state index in [1.165, 1.54) is 43.6 Å². The van der Waals surface area contributed by atoms with Gasteiger partial charge in [-0.15, -0.1) is 0 Å². The number of ether oxygens (including phenoxy) is 1. The molecule has 2 heterocycles. The topological polar surface area (TPSA) is 28.9 Å². The second-order valence-electron chi connectivity index (χ2n) is 19.0. The standard InChI is InChI=1S/C68H46N2O2/c1-43-29-35-52-56(46-30-32-49(33-31-46)70(62-26-14-12-23-51(62)45-17-6-3-7-18-45)63-27-16-25-55-53-24-13-15-28-64(53)72-68(55)63)41-59-58(57(52)37-43)42-61-54-36-34-50(40-65(54)71-66-39-44(2)38-60(59)67(61)66)69(47-19-8-4-9-20-47)48-21-10-5-11-22-48/h3-42H,1-2H3. The molecule has 0 radical (unpaired) electrons. The fraction of sp³-hybridized carbons (Fsp3) is 0.0294. The van der Waals surface area contributed by atoms with Crippen molar-refractivity contribution in [2.75, 3.05) is 9.80 Å². The van der Waals surface area contributed by atoms with E-state index in [1.807, 2.05) is 6.07 Å². The molecular formula is C68H46N2O2. The van der Waals surface area contributed by atoms with Gasteiger partial charge in [-0.1, -0.05) is 157 Å². The van der Waals surface area contributed by atoms with E-state index in [-0.39, 0.29) is 0 Å². The first-order valence-electron chi connectivity index (χ1n) is 24.6. The SMILES string of the molecule is Cc1ccc2c(-c3ccc(N(c4ccccc4-c4ccccc4)c4cccc5c4oc4ccccc45)cc3)cc3c4cc(C)cc5c4c(cc3c2c1)-c1ccc(N(c2ccccc2)c2ccccc2)cc1O5. The predicted octanol–water partition coefficient (Wildman–Crippen LogP) is 19.7. The first-order chi connectivity index (χ1) is 35.5. The smallest absolute Gasteiger partial charge is 0.159 e. The van der Waals surface area contributed by atoms with E-state index < -0.39 is 0 Å². The van der Waals surface area contributed by atoms with Gasteiger partial charge in [0.05, 0.1) is 11.4 Å². The molecule has 4 heteroatoms. The lowest BCUT2D eigenvalue weighted by Gasteiger charge is -2.28. The number of aryl methyl sites for hydroxylation is 2. The molecular weight excluding hydrogens is 877 g/mol. The molecule has 0 bridgehead atoms. The normalized spacial score (nSPS) is 11.9. The summed E-state index contributed by atoms with van der Waals surface area (Å²) in [5.74, 6) is 1.72. The van der Waals surface area contributed by atoms with Crippen LogP contribution in [0.5, 0.6) is 11.5 Å². The van der Waals surface area contributed by atoms with Crippen molar-refractivity contribution in [3.05, 3.63) is 254 Å². The average molecular weight is 923 g/mol. The van der Waals surface area contributed by atoms with E-state index in [1.54, 1.807) is 0 Å². The largest absolute Gasteiger partial charge is 0.456 e. The summed E-state index contributed by atoms with van der Waals surface area (Å²) >= 11 is 0. The minimum Gasteiger partial charge on any atom is -0.456 e. The van der Waals surface area contributed by atoms with Gasteiger partial charge in [0, 0.05) is 56.1 Å². The zero-order valence-electron chi connectivity index (χ0n) is 39.8. The van der Waals surface area contributed by atoms with Gasteiger partial charge in [-0.3, -0.25) is 0 Å². The van der Waals surface area contributed by atoms with Crippen LogP contribution in [0.2, 0.25) is 0 Å². The van der Waals surface area contributed by atoms with Crippen molar-refractivity contribution in [2.24, 2.45) is 0 Å². The zero-order chi connectivity index (χ0) is 47.9. The van der Waals surface area contributed by atoms with E-state index in [2.05, 4.69) is 260 Å². The second kappa shape index (κ2) is 16.6. The van der Waals surface area contributed by atoms with E-state index in [0.717, 1.165) is 101 Å². The molecule has 72 heavy (non-hydrogen) atoms. The maximum Gasteiger partial charge on any atom is 0.159 e. The Morgan fingerprint density at radius 1 is 0.306 bits per heavy atom. The molecule has 1 aromatic heterocycles. The molecule has 0 unspecified atom stereocenters. The summed E-state index contributed by atoms with van der Waals surface area (Å²) in [6.07, 6.45) is 0. The van der Waals surface area contributed by atoms with Gasteiger partial charge in [0.1, 0.15) is 17.1 Å². The Morgan fingerprint density at radius 2 is 0.903 bits per heavy atom. The van der Waals surface area contributed by atoms with Gasteiger partial charge < -0.3 is 19.0 Å². The van der Waals surface area contributed by atoms with Crippen LogP contribution in [-0.4, -0.2) is 0 Å². The zero-order valence-corrected chi connectivity index (χ0v) is 39.8. The van der Waals surface area contributed by atoms with Crippen LogP contribution in [0.3, 0.4) is 0 Å². The monoisotopic (exact) mass is 922 g/mol. The Kier molecular flexibility index (Phi) is 9.62. The Bertz CT molecular complexity index is 4220. The quantitative estimate of drug-likeness (QED) is 0.142. The van der Waals surface area contributed by atoms with E-state index >= 15 is 0 Å². The van der Waals surface area contributed by atoms with Gasteiger partial charge >= 0.3 is 0 Å². The van der Waals surface area contributed by atoms with Crippen LogP contribution in [0.1, 0.15) is 11.1 Å². The highest BCUT2D eigenvalue weighted by molar-refractivity contribution is 6.25. The molecule has 0 atom stereocenters. The summed E-state index contributed by atoms with van der Waals surface area (Å²) in [4.78, 5) is 4.65. The Labute approximate surface area is 417 Å². The molecule has 4 nitrogen and oxygen atoms in total. The highest BCUT2D eigenvalue weighted by Crippen LogP contribution is 2.53. The highest BCUT2D eigenvalue weighted by atomic mass is 16.5. The van der Waals surface area contributed by atoms with Crippen molar-refractivity contribution < 1.29 is 9.15 Å². The van der Waals surface area contributed by atoms with Crippen molar-refractivity contribution in [3.63, 3.8) is 0 Å². The van der Waals surface area contributed by atoms with Gasteiger partial charge in [-0.05, 0) is 154 Å². The van der Waals surface area contributed by atoms with Crippen molar-refractivity contribution in [1.82, 2.24) is 0 Å². The number of hydrogen-bond acceptors (Lipinski definition) is 4. The number of para-hydroxylation sites is 5. The third-order valence-electron chi connectivity index (χ3n) is 14.5. The van der Waals surface area contributed by atoms with E-state index in [9.17, 15) is 0 Å². The van der Waals surface area contributed by atoms with Crippen molar-refractivity contribution in [1.29, 1.82) is 0 Å². The van der Waals surface area contributed by atoms with Crippen molar-refractivity contribution in [2.45, 2.75) is 13.8 Å². The molecule has 0 aliphatic carbocycles. The third kappa shape index (κ3) is 6.75. The van der Waals surface area contributed by atoms with Gasteiger partial charge in [0.15, 0.2) is 5.58 Å². The van der Waals surface area contributed by atoms with Gasteiger partial charge in [-0.2, -0.15) is 0 Å². The summed E-state index contributed by atoms with van der Waals surface area (Å²) in [7, 11) is 0. The fourth-order valence-electron chi connectivity index (χ4n) is 11.2. The first-order valence-corrected chi connectivity index (χ1v) is 24.6. The van der Waals surface area contributed by atoms with E-state index in [4.69, 9.17) is 9.15 Å². The molecule has 1 aliphatic rings. The molecule has 12 aromatic carbocycles. The molecule has 0 fully saturated rings. The predicted molar refractivity (Wildman–Crippen MR) is 301 cm³/mol. The summed E-state index contributed by atoms with van der Waals surface area (Å²) in [6.45, 7) is 4.37. The summed E-state index contributed by atoms with van der Waals surface area (Å²) in [6, 6.07) is 87.2. The first kappa shape index (κ1) is 41.6. The van der Waals surface area contributed by atoms with Crippen molar-refractivity contribution >= 4 is 88.4 Å². The lowest BCUT2D eigenvalue weighted by Crippen LogP contribution is -2.11. The molecule has 0 N–H and O–H groups in total. The van der Waals surface area contributed by atoms with Gasteiger partial charge in [-0.25, -0.2) is 0 Å². The van der Waals surface area contributed by atoms with Crippen LogP contribution in [0, 0.1) is 13.8 Å². The van der Waals surface area contributed by atoms with Crippen LogP contribution >= 0.6 is 0 Å². The summed E-state index contributed by atoms with van der Waals surface area (Å²) < 4.78 is 13.7. The number of furan rings is 1. The minimum absolute atomic E-state index is 0.845. The summed E-state index contributed by atoms with van der Waals surface area (Å²) in [5.41, 5.74) is 17.2. The molecule has 1 aliphatic heterocycles. The number of benzene rings is 12. The Hall–Kier alpha value is -9.38. The molecule has 0 amide bonds. The Balaban J connectivity index is 0.936. The van der Waals surface area contributed by atoms with Crippen LogP contribution < -0.4 is 14.5 Å². The molecule has 340 valence electrons. The maximum absolute atomic E-state index is 7.01. The van der Waals surface area contributed by atoms with Gasteiger partial charge in [0.25, 0.3) is 0 Å². The lowest BCUT2D eigenvalue weighted by atomic mass is 9.85. The van der Waals surface area contributed by atoms with Crippen LogP contribution in [0.4, 0.5) is 34.1 Å². The fourth-order valence-corrected chi connectivity index (χ4v) is 11.2. The molecule has 0 saturated carbocycles. The molecule has 0 saturated heterocycles. The Morgan fingerprint density at radius 3 is 1.69 bits per heavy atom. The number of hydrogen-bond donors (Lipinski definition) is 0. The van der Waals surface area contributed by atoms with Gasteiger partial charge in [0.2, 0.25) is 0 Å². The highest BCUT2D eigenvalue weighted by Gasteiger charge is 2.27.